The lowest BCUT2D eigenvalue weighted by atomic mass is 10.2. The zero-order valence-corrected chi connectivity index (χ0v) is 18.4. The Balaban J connectivity index is 0.00000312. The van der Waals surface area contributed by atoms with Crippen molar-refractivity contribution in [1.29, 1.82) is 0 Å². The molecule has 0 aliphatic heterocycles. The van der Waals surface area contributed by atoms with Crippen LogP contribution in [-0.4, -0.2) is 24.6 Å². The molecule has 1 heterocycles. The van der Waals surface area contributed by atoms with Gasteiger partial charge in [0.05, 0.1) is 18.8 Å². The van der Waals surface area contributed by atoms with Crippen LogP contribution in [0, 0.1) is 13.8 Å². The summed E-state index contributed by atoms with van der Waals surface area (Å²) in [5, 5.41) is 7.69. The van der Waals surface area contributed by atoms with Crippen LogP contribution in [0.25, 0.3) is 0 Å². The number of rotatable bonds is 7. The summed E-state index contributed by atoms with van der Waals surface area (Å²) < 4.78 is 5.67. The Hall–Kier alpha value is -1.35. The fourth-order valence-corrected chi connectivity index (χ4v) is 3.02. The van der Waals surface area contributed by atoms with E-state index in [-0.39, 0.29) is 24.0 Å². The maximum atomic E-state index is 5.67. The molecule has 0 spiro atoms. The van der Waals surface area contributed by atoms with Gasteiger partial charge >= 0.3 is 0 Å². The summed E-state index contributed by atoms with van der Waals surface area (Å²) >= 11 is 1.72. The molecule has 0 atom stereocenters. The molecular formula is C18H27IN4OS. The van der Waals surface area contributed by atoms with Crippen molar-refractivity contribution in [2.24, 2.45) is 4.99 Å². The molecule has 0 aliphatic rings. The number of nitrogens with one attached hydrogen (secondary N) is 2. The van der Waals surface area contributed by atoms with Gasteiger partial charge in [0.2, 0.25) is 0 Å². The summed E-state index contributed by atoms with van der Waals surface area (Å²) in [5.74, 6) is 1.67. The molecule has 2 N–H and O–H groups in total. The van der Waals surface area contributed by atoms with E-state index >= 15 is 0 Å². The fraction of sp³-hybridized carbons (Fsp3) is 0.444. The van der Waals surface area contributed by atoms with Crippen molar-refractivity contribution >= 4 is 41.3 Å². The summed E-state index contributed by atoms with van der Waals surface area (Å²) in [6.07, 6.45) is 1.01. The normalized spacial score (nSPS) is 11.0. The molecule has 0 unspecified atom stereocenters. The predicted octanol–water partition coefficient (Wildman–Crippen LogP) is 4.03. The third-order valence-corrected chi connectivity index (χ3v) is 4.61. The van der Waals surface area contributed by atoms with Gasteiger partial charge < -0.3 is 15.4 Å². The van der Waals surface area contributed by atoms with Crippen LogP contribution in [0.4, 0.5) is 0 Å². The van der Waals surface area contributed by atoms with Crippen LogP contribution >= 0.6 is 35.3 Å². The number of aryl methyl sites for hydroxylation is 2. The van der Waals surface area contributed by atoms with E-state index in [1.54, 1.807) is 18.4 Å². The Morgan fingerprint density at radius 1 is 1.24 bits per heavy atom. The van der Waals surface area contributed by atoms with Crippen molar-refractivity contribution in [2.75, 3.05) is 13.7 Å². The van der Waals surface area contributed by atoms with E-state index in [1.165, 1.54) is 4.88 Å². The summed E-state index contributed by atoms with van der Waals surface area (Å²) in [7, 11) is 1.77. The topological polar surface area (TPSA) is 58.5 Å². The smallest absolute Gasteiger partial charge is 0.191 e. The first kappa shape index (κ1) is 21.7. The molecule has 0 amide bonds. The van der Waals surface area contributed by atoms with Crippen LogP contribution in [-0.2, 0) is 13.1 Å². The lowest BCUT2D eigenvalue weighted by molar-refractivity contribution is 0.317. The highest BCUT2D eigenvalue weighted by Gasteiger charge is 2.05. The minimum absolute atomic E-state index is 0. The largest absolute Gasteiger partial charge is 0.494 e. The number of benzene rings is 1. The minimum atomic E-state index is 0. The second kappa shape index (κ2) is 11.3. The summed E-state index contributed by atoms with van der Waals surface area (Å²) in [6.45, 7) is 8.35. The van der Waals surface area contributed by atoms with Gasteiger partial charge in [-0.25, -0.2) is 4.98 Å². The second-order valence-corrected chi connectivity index (χ2v) is 6.81. The number of nitrogens with zero attached hydrogens (tertiary/aromatic N) is 2. The average molecular weight is 474 g/mol. The van der Waals surface area contributed by atoms with Gasteiger partial charge in [-0.05, 0) is 38.0 Å². The predicted molar refractivity (Wildman–Crippen MR) is 116 cm³/mol. The minimum Gasteiger partial charge on any atom is -0.494 e. The molecule has 2 rings (SSSR count). The van der Waals surface area contributed by atoms with Crippen LogP contribution in [0.3, 0.4) is 0 Å². The number of hydrogen-bond acceptors (Lipinski definition) is 4. The van der Waals surface area contributed by atoms with E-state index in [1.807, 2.05) is 19.1 Å². The van der Waals surface area contributed by atoms with Crippen molar-refractivity contribution in [1.82, 2.24) is 15.6 Å². The highest BCUT2D eigenvalue weighted by Crippen LogP contribution is 2.16. The standard InChI is InChI=1S/C18H26N4OS.HI/c1-5-9-23-16-8-6-7-15(10-16)11-20-18(19-4)21-12-17-22-13(2)14(3)24-17;/h6-8,10H,5,9,11-12H2,1-4H3,(H2,19,20,21);1H. The van der Waals surface area contributed by atoms with E-state index in [4.69, 9.17) is 4.74 Å². The van der Waals surface area contributed by atoms with Crippen LogP contribution in [0.15, 0.2) is 29.3 Å². The third-order valence-electron chi connectivity index (χ3n) is 3.53. The average Bonchev–Trinajstić information content (AvgIpc) is 2.91. The number of guanidine groups is 1. The molecule has 5 nitrogen and oxygen atoms in total. The first-order chi connectivity index (χ1) is 11.6. The Labute approximate surface area is 171 Å². The number of aliphatic imine (C=N–C) groups is 1. The number of halogens is 1. The van der Waals surface area contributed by atoms with E-state index < -0.39 is 0 Å². The van der Waals surface area contributed by atoms with Gasteiger partial charge in [0.25, 0.3) is 0 Å². The van der Waals surface area contributed by atoms with Gasteiger partial charge in [-0.3, -0.25) is 4.99 Å². The number of thiazole rings is 1. The van der Waals surface area contributed by atoms with Gasteiger partial charge in [-0.1, -0.05) is 19.1 Å². The lowest BCUT2D eigenvalue weighted by Crippen LogP contribution is -2.36. The fourth-order valence-electron chi connectivity index (χ4n) is 2.15. The number of hydrogen-bond donors (Lipinski definition) is 2. The van der Waals surface area contributed by atoms with Gasteiger partial charge in [0.1, 0.15) is 10.8 Å². The number of aromatic nitrogens is 1. The van der Waals surface area contributed by atoms with Gasteiger partial charge in [-0.15, -0.1) is 35.3 Å². The van der Waals surface area contributed by atoms with Crippen LogP contribution < -0.4 is 15.4 Å². The second-order valence-electron chi connectivity index (χ2n) is 5.52. The van der Waals surface area contributed by atoms with E-state index in [2.05, 4.69) is 46.6 Å². The van der Waals surface area contributed by atoms with Gasteiger partial charge in [-0.2, -0.15) is 0 Å². The molecule has 0 aliphatic carbocycles. The first-order valence-corrected chi connectivity index (χ1v) is 9.03. The maximum absolute atomic E-state index is 5.67. The monoisotopic (exact) mass is 474 g/mol. The van der Waals surface area contributed by atoms with Gasteiger partial charge in [0, 0.05) is 18.5 Å². The van der Waals surface area contributed by atoms with E-state index in [0.717, 1.165) is 41.0 Å². The van der Waals surface area contributed by atoms with E-state index in [9.17, 15) is 0 Å². The molecule has 1 aromatic heterocycles. The van der Waals surface area contributed by atoms with Crippen molar-refractivity contribution in [2.45, 2.75) is 40.3 Å². The highest BCUT2D eigenvalue weighted by atomic mass is 127. The summed E-state index contributed by atoms with van der Waals surface area (Å²) in [5.41, 5.74) is 2.26. The maximum Gasteiger partial charge on any atom is 0.191 e. The van der Waals surface area contributed by atoms with Crippen LogP contribution in [0.1, 0.15) is 34.5 Å². The molecule has 0 saturated carbocycles. The summed E-state index contributed by atoms with van der Waals surface area (Å²) in [4.78, 5) is 10.1. The van der Waals surface area contributed by atoms with Crippen LogP contribution in [0.5, 0.6) is 5.75 Å². The van der Waals surface area contributed by atoms with E-state index in [0.29, 0.717) is 13.1 Å². The molecule has 0 fully saturated rings. The zero-order valence-electron chi connectivity index (χ0n) is 15.3. The molecule has 0 bridgehead atoms. The quantitative estimate of drug-likeness (QED) is 0.362. The third kappa shape index (κ3) is 7.19. The Bertz CT molecular complexity index is 668. The van der Waals surface area contributed by atoms with Crippen molar-refractivity contribution in [3.05, 3.63) is 45.4 Å². The molecule has 138 valence electrons. The van der Waals surface area contributed by atoms with Crippen molar-refractivity contribution < 1.29 is 4.74 Å². The molecule has 0 saturated heterocycles. The van der Waals surface area contributed by atoms with Crippen LogP contribution in [0.2, 0.25) is 0 Å². The van der Waals surface area contributed by atoms with Crippen molar-refractivity contribution in [3.8, 4) is 5.75 Å². The molecule has 2 aromatic rings. The summed E-state index contributed by atoms with van der Waals surface area (Å²) in [6, 6.07) is 8.13. The molecule has 25 heavy (non-hydrogen) atoms. The lowest BCUT2D eigenvalue weighted by Gasteiger charge is -2.12. The zero-order chi connectivity index (χ0) is 17.4. The Morgan fingerprint density at radius 2 is 2.00 bits per heavy atom. The first-order valence-electron chi connectivity index (χ1n) is 8.21. The van der Waals surface area contributed by atoms with Gasteiger partial charge in [0.15, 0.2) is 5.96 Å². The Kier molecular flexibility index (Phi) is 9.81. The molecule has 1 aromatic carbocycles. The molecule has 7 heteroatoms. The molecular weight excluding hydrogens is 447 g/mol. The molecule has 0 radical (unpaired) electrons. The number of ether oxygens (including phenoxy) is 1. The van der Waals surface area contributed by atoms with Crippen molar-refractivity contribution in [3.63, 3.8) is 0 Å². The SMILES string of the molecule is CCCOc1cccc(CNC(=NC)NCc2nc(C)c(C)s2)c1.I. The Morgan fingerprint density at radius 3 is 2.64 bits per heavy atom. The highest BCUT2D eigenvalue weighted by molar-refractivity contribution is 14.0.